The van der Waals surface area contributed by atoms with E-state index in [1.54, 1.807) is 31.9 Å². The van der Waals surface area contributed by atoms with Gasteiger partial charge in [0.1, 0.15) is 0 Å². The normalized spacial score (nSPS) is 10.2. The Morgan fingerprint density at radius 3 is 2.67 bits per heavy atom. The van der Waals surface area contributed by atoms with E-state index in [4.69, 9.17) is 9.47 Å². The van der Waals surface area contributed by atoms with Crippen molar-refractivity contribution in [2.45, 2.75) is 6.54 Å². The number of nitro groups is 1. The van der Waals surface area contributed by atoms with Crippen LogP contribution in [0.3, 0.4) is 0 Å². The van der Waals surface area contributed by atoms with Crippen LogP contribution in [0.4, 0.5) is 11.6 Å². The molecule has 0 aliphatic carbocycles. The van der Waals surface area contributed by atoms with Gasteiger partial charge in [-0.2, -0.15) is 0 Å². The summed E-state index contributed by atoms with van der Waals surface area (Å²) in [6.07, 6.45) is 1.40. The lowest BCUT2D eigenvalue weighted by molar-refractivity contribution is -0.388. The van der Waals surface area contributed by atoms with Crippen LogP contribution < -0.4 is 14.8 Å². The maximum Gasteiger partial charge on any atom is 0.406 e. The highest BCUT2D eigenvalue weighted by molar-refractivity contribution is 5.53. The summed E-state index contributed by atoms with van der Waals surface area (Å²) in [6, 6.07) is 5.46. The van der Waals surface area contributed by atoms with E-state index in [1.165, 1.54) is 6.33 Å². The fourth-order valence-electron chi connectivity index (χ4n) is 1.93. The van der Waals surface area contributed by atoms with Crippen molar-refractivity contribution >= 4 is 11.6 Å². The van der Waals surface area contributed by atoms with Crippen molar-refractivity contribution in [1.82, 2.24) is 9.55 Å². The van der Waals surface area contributed by atoms with Crippen LogP contribution in [0.5, 0.6) is 11.5 Å². The molecule has 0 aliphatic rings. The van der Waals surface area contributed by atoms with Crippen LogP contribution >= 0.6 is 0 Å². The zero-order valence-electron chi connectivity index (χ0n) is 12.0. The molecule has 0 amide bonds. The van der Waals surface area contributed by atoms with Gasteiger partial charge >= 0.3 is 5.82 Å². The van der Waals surface area contributed by atoms with Gasteiger partial charge in [0, 0.05) is 13.6 Å². The van der Waals surface area contributed by atoms with Gasteiger partial charge in [-0.1, -0.05) is 6.07 Å². The number of rotatable bonds is 6. The minimum absolute atomic E-state index is 0.196. The first-order chi connectivity index (χ1) is 10.1. The molecule has 2 rings (SSSR count). The number of nitrogens with zero attached hydrogens (tertiary/aromatic N) is 3. The topological polar surface area (TPSA) is 91.5 Å². The van der Waals surface area contributed by atoms with Gasteiger partial charge < -0.3 is 24.9 Å². The molecule has 0 bridgehead atoms. The number of aryl methyl sites for hydroxylation is 1. The van der Waals surface area contributed by atoms with Crippen LogP contribution in [0.15, 0.2) is 24.5 Å². The maximum absolute atomic E-state index is 10.9. The first kappa shape index (κ1) is 14.6. The van der Waals surface area contributed by atoms with E-state index in [0.29, 0.717) is 23.9 Å². The largest absolute Gasteiger partial charge is 0.493 e. The zero-order chi connectivity index (χ0) is 15.4. The van der Waals surface area contributed by atoms with Gasteiger partial charge in [-0.15, -0.1) is 0 Å². The van der Waals surface area contributed by atoms with E-state index < -0.39 is 4.92 Å². The summed E-state index contributed by atoms with van der Waals surface area (Å²) < 4.78 is 12.0. The highest BCUT2D eigenvalue weighted by Crippen LogP contribution is 2.28. The molecule has 0 radical (unpaired) electrons. The molecule has 21 heavy (non-hydrogen) atoms. The average molecular weight is 292 g/mol. The molecule has 8 heteroatoms. The van der Waals surface area contributed by atoms with Crippen molar-refractivity contribution in [2.75, 3.05) is 19.5 Å². The second-order valence-electron chi connectivity index (χ2n) is 4.33. The van der Waals surface area contributed by atoms with Crippen molar-refractivity contribution < 1.29 is 14.4 Å². The van der Waals surface area contributed by atoms with Gasteiger partial charge in [0.2, 0.25) is 12.1 Å². The molecule has 1 aromatic heterocycles. The van der Waals surface area contributed by atoms with Crippen LogP contribution in [0.1, 0.15) is 5.56 Å². The lowest BCUT2D eigenvalue weighted by Gasteiger charge is -2.10. The Balaban J connectivity index is 2.17. The number of benzene rings is 1. The molecule has 1 heterocycles. The molecule has 0 spiro atoms. The third-order valence-electron chi connectivity index (χ3n) is 3.00. The van der Waals surface area contributed by atoms with Gasteiger partial charge in [0.25, 0.3) is 0 Å². The minimum atomic E-state index is -0.517. The van der Waals surface area contributed by atoms with E-state index in [9.17, 15) is 10.1 Å². The molecule has 2 aromatic rings. The first-order valence-electron chi connectivity index (χ1n) is 6.17. The third-order valence-corrected chi connectivity index (χ3v) is 3.00. The van der Waals surface area contributed by atoms with Gasteiger partial charge in [-0.25, -0.2) is 0 Å². The number of anilines is 1. The molecule has 0 saturated carbocycles. The molecule has 0 saturated heterocycles. The predicted molar refractivity (Wildman–Crippen MR) is 76.7 cm³/mol. The van der Waals surface area contributed by atoms with Crippen LogP contribution in [-0.4, -0.2) is 28.7 Å². The van der Waals surface area contributed by atoms with Crippen molar-refractivity contribution in [2.24, 2.45) is 7.05 Å². The van der Waals surface area contributed by atoms with E-state index in [1.807, 2.05) is 12.1 Å². The SMILES string of the molecule is COc1ccc(CNc2c([N+](=O)[O-])ncn2C)cc1OC. The van der Waals surface area contributed by atoms with Crippen molar-refractivity contribution in [1.29, 1.82) is 0 Å². The van der Waals surface area contributed by atoms with E-state index in [0.717, 1.165) is 5.56 Å². The summed E-state index contributed by atoms with van der Waals surface area (Å²) >= 11 is 0. The summed E-state index contributed by atoms with van der Waals surface area (Å²) in [5, 5.41) is 13.9. The molecule has 112 valence electrons. The number of hydrogen-bond donors (Lipinski definition) is 1. The summed E-state index contributed by atoms with van der Waals surface area (Å²) in [7, 11) is 4.81. The lowest BCUT2D eigenvalue weighted by atomic mass is 10.2. The Labute approximate surface area is 121 Å². The summed E-state index contributed by atoms with van der Waals surface area (Å²) in [5.74, 6) is 1.40. The van der Waals surface area contributed by atoms with Gasteiger partial charge in [0.05, 0.1) is 14.2 Å². The lowest BCUT2D eigenvalue weighted by Crippen LogP contribution is -2.06. The highest BCUT2D eigenvalue weighted by Gasteiger charge is 2.19. The number of nitrogens with one attached hydrogen (secondary N) is 1. The zero-order valence-corrected chi connectivity index (χ0v) is 12.0. The standard InChI is InChI=1S/C13H16N4O4/c1-16-8-15-13(17(18)19)12(16)14-7-9-4-5-10(20-2)11(6-9)21-3/h4-6,8,14H,7H2,1-3H3. The smallest absolute Gasteiger partial charge is 0.406 e. The molecular weight excluding hydrogens is 276 g/mol. The maximum atomic E-state index is 10.9. The fraction of sp³-hybridized carbons (Fsp3) is 0.308. The first-order valence-corrected chi connectivity index (χ1v) is 6.17. The van der Waals surface area contributed by atoms with Crippen LogP contribution in [0.2, 0.25) is 0 Å². The average Bonchev–Trinajstić information content (AvgIpc) is 2.86. The second-order valence-corrected chi connectivity index (χ2v) is 4.33. The van der Waals surface area contributed by atoms with Gasteiger partial charge in [0.15, 0.2) is 11.5 Å². The number of aromatic nitrogens is 2. The van der Waals surface area contributed by atoms with E-state index in [2.05, 4.69) is 10.3 Å². The Morgan fingerprint density at radius 2 is 2.05 bits per heavy atom. The van der Waals surface area contributed by atoms with Crippen LogP contribution in [0.25, 0.3) is 0 Å². The molecule has 0 unspecified atom stereocenters. The quantitative estimate of drug-likeness (QED) is 0.646. The Kier molecular flexibility index (Phi) is 4.27. The number of hydrogen-bond acceptors (Lipinski definition) is 6. The molecule has 8 nitrogen and oxygen atoms in total. The molecule has 0 fully saturated rings. The summed E-state index contributed by atoms with van der Waals surface area (Å²) in [5.41, 5.74) is 0.906. The monoisotopic (exact) mass is 292 g/mol. The number of ether oxygens (including phenoxy) is 2. The second kappa shape index (κ2) is 6.12. The Hall–Kier alpha value is -2.77. The Morgan fingerprint density at radius 1 is 1.33 bits per heavy atom. The minimum Gasteiger partial charge on any atom is -0.493 e. The number of methoxy groups -OCH3 is 2. The Bertz CT molecular complexity index is 654. The molecular formula is C13H16N4O4. The van der Waals surface area contributed by atoms with E-state index >= 15 is 0 Å². The molecule has 1 N–H and O–H groups in total. The van der Waals surface area contributed by atoms with E-state index in [-0.39, 0.29) is 5.82 Å². The van der Waals surface area contributed by atoms with Crippen molar-refractivity contribution in [3.05, 3.63) is 40.2 Å². The van der Waals surface area contributed by atoms with Crippen LogP contribution in [-0.2, 0) is 13.6 Å². The predicted octanol–water partition coefficient (Wildman–Crippen LogP) is 1.96. The third kappa shape index (κ3) is 3.04. The summed E-state index contributed by atoms with van der Waals surface area (Å²) in [4.78, 5) is 14.1. The fourth-order valence-corrected chi connectivity index (χ4v) is 1.93. The van der Waals surface area contributed by atoms with Crippen molar-refractivity contribution in [3.63, 3.8) is 0 Å². The van der Waals surface area contributed by atoms with Crippen LogP contribution in [0, 0.1) is 10.1 Å². The van der Waals surface area contributed by atoms with Gasteiger partial charge in [-0.3, -0.25) is 4.57 Å². The highest BCUT2D eigenvalue weighted by atomic mass is 16.6. The number of imidazole rings is 1. The van der Waals surface area contributed by atoms with Crippen molar-refractivity contribution in [3.8, 4) is 11.5 Å². The molecule has 0 atom stereocenters. The molecule has 1 aromatic carbocycles. The van der Waals surface area contributed by atoms with Gasteiger partial charge in [-0.05, 0) is 27.6 Å². The molecule has 0 aliphatic heterocycles. The summed E-state index contributed by atoms with van der Waals surface area (Å²) in [6.45, 7) is 0.403.